The van der Waals surface area contributed by atoms with Gasteiger partial charge in [0, 0.05) is 30.6 Å². The topological polar surface area (TPSA) is 95.5 Å². The number of carbonyl (C=O) groups excluding carboxylic acids is 2. The standard InChI is InChI=1S/C14H18N2O4/c1-2-12(17)10-5-3-6-11(9-10)16-14(20)15-8-4-7-13(18)19/h3,5-6,9H,2,4,7-8H2,1H3,(H,18,19)(H2,15,16,20). The first-order valence-corrected chi connectivity index (χ1v) is 6.43. The Morgan fingerprint density at radius 3 is 2.65 bits per heavy atom. The van der Waals surface area contributed by atoms with E-state index in [0.29, 0.717) is 24.1 Å². The molecule has 1 rings (SSSR count). The van der Waals surface area contributed by atoms with Crippen molar-refractivity contribution in [2.24, 2.45) is 0 Å². The minimum Gasteiger partial charge on any atom is -0.481 e. The molecule has 3 N–H and O–H groups in total. The third-order valence-corrected chi connectivity index (χ3v) is 2.62. The largest absolute Gasteiger partial charge is 0.481 e. The summed E-state index contributed by atoms with van der Waals surface area (Å²) in [6, 6.07) is 6.27. The average Bonchev–Trinajstić information content (AvgIpc) is 2.43. The lowest BCUT2D eigenvalue weighted by molar-refractivity contribution is -0.137. The molecule has 0 bridgehead atoms. The van der Waals surface area contributed by atoms with Crippen molar-refractivity contribution in [1.29, 1.82) is 0 Å². The lowest BCUT2D eigenvalue weighted by Gasteiger charge is -2.08. The average molecular weight is 278 g/mol. The van der Waals surface area contributed by atoms with Crippen molar-refractivity contribution in [2.45, 2.75) is 26.2 Å². The summed E-state index contributed by atoms with van der Waals surface area (Å²) in [6.07, 6.45) is 0.794. The lowest BCUT2D eigenvalue weighted by Crippen LogP contribution is -2.29. The molecule has 6 heteroatoms. The zero-order valence-corrected chi connectivity index (χ0v) is 11.3. The molecule has 0 unspecified atom stereocenters. The molecule has 0 atom stereocenters. The van der Waals surface area contributed by atoms with Crippen LogP contribution in [0.4, 0.5) is 10.5 Å². The fourth-order valence-corrected chi connectivity index (χ4v) is 1.59. The van der Waals surface area contributed by atoms with Crippen LogP contribution in [-0.2, 0) is 4.79 Å². The highest BCUT2D eigenvalue weighted by Crippen LogP contribution is 2.12. The number of hydrogen-bond donors (Lipinski definition) is 3. The Kier molecular flexibility index (Phi) is 6.22. The van der Waals surface area contributed by atoms with Gasteiger partial charge in [-0.05, 0) is 18.6 Å². The van der Waals surface area contributed by atoms with E-state index in [1.165, 1.54) is 0 Å². The molecule has 0 spiro atoms. The van der Waals surface area contributed by atoms with E-state index in [2.05, 4.69) is 10.6 Å². The molecule has 0 aromatic heterocycles. The van der Waals surface area contributed by atoms with Gasteiger partial charge in [-0.3, -0.25) is 9.59 Å². The van der Waals surface area contributed by atoms with Crippen molar-refractivity contribution >= 4 is 23.5 Å². The van der Waals surface area contributed by atoms with Gasteiger partial charge in [0.05, 0.1) is 0 Å². The molecule has 0 aliphatic heterocycles. The minimum absolute atomic E-state index is 0.00974. The Morgan fingerprint density at radius 1 is 1.25 bits per heavy atom. The van der Waals surface area contributed by atoms with Crippen molar-refractivity contribution in [3.8, 4) is 0 Å². The first-order chi connectivity index (χ1) is 9.52. The molecule has 0 aliphatic rings. The number of amides is 2. The van der Waals surface area contributed by atoms with Gasteiger partial charge in [-0.2, -0.15) is 0 Å². The van der Waals surface area contributed by atoms with Crippen LogP contribution in [0.25, 0.3) is 0 Å². The maximum absolute atomic E-state index is 11.6. The molecule has 0 saturated carbocycles. The summed E-state index contributed by atoms with van der Waals surface area (Å²) in [5.74, 6) is -0.881. The Bertz CT molecular complexity index is 500. The first-order valence-electron chi connectivity index (χ1n) is 6.43. The predicted molar refractivity (Wildman–Crippen MR) is 75.0 cm³/mol. The molecule has 6 nitrogen and oxygen atoms in total. The van der Waals surface area contributed by atoms with E-state index in [9.17, 15) is 14.4 Å². The molecule has 0 radical (unpaired) electrons. The van der Waals surface area contributed by atoms with Gasteiger partial charge in [0.25, 0.3) is 0 Å². The normalized spacial score (nSPS) is 9.85. The maximum Gasteiger partial charge on any atom is 0.319 e. The number of Topliss-reactive ketones (excluding diaryl/α,β-unsaturated/α-hetero) is 1. The van der Waals surface area contributed by atoms with Crippen molar-refractivity contribution in [2.75, 3.05) is 11.9 Å². The maximum atomic E-state index is 11.6. The van der Waals surface area contributed by atoms with Crippen LogP contribution in [0.1, 0.15) is 36.5 Å². The van der Waals surface area contributed by atoms with E-state index < -0.39 is 12.0 Å². The highest BCUT2D eigenvalue weighted by Gasteiger charge is 2.06. The summed E-state index contributed by atoms with van der Waals surface area (Å²) >= 11 is 0. The van der Waals surface area contributed by atoms with Crippen LogP contribution < -0.4 is 10.6 Å². The van der Waals surface area contributed by atoms with E-state index in [1.54, 1.807) is 31.2 Å². The number of carbonyl (C=O) groups is 3. The third kappa shape index (κ3) is 5.51. The first kappa shape index (κ1) is 15.7. The van der Waals surface area contributed by atoms with Gasteiger partial charge in [0.2, 0.25) is 0 Å². The SMILES string of the molecule is CCC(=O)c1cccc(NC(=O)NCCCC(=O)O)c1. The Hall–Kier alpha value is -2.37. The van der Waals surface area contributed by atoms with Crippen LogP contribution in [0, 0.1) is 0 Å². The third-order valence-electron chi connectivity index (χ3n) is 2.62. The van der Waals surface area contributed by atoms with Crippen molar-refractivity contribution in [3.05, 3.63) is 29.8 Å². The van der Waals surface area contributed by atoms with Crippen LogP contribution in [0.15, 0.2) is 24.3 Å². The molecule has 0 saturated heterocycles. The number of anilines is 1. The molecule has 0 aliphatic carbocycles. The van der Waals surface area contributed by atoms with Gasteiger partial charge in [0.1, 0.15) is 0 Å². The van der Waals surface area contributed by atoms with Crippen LogP contribution in [-0.4, -0.2) is 29.4 Å². The van der Waals surface area contributed by atoms with Crippen molar-refractivity contribution in [3.63, 3.8) is 0 Å². The summed E-state index contributed by atoms with van der Waals surface area (Å²) in [5.41, 5.74) is 1.08. The highest BCUT2D eigenvalue weighted by molar-refractivity contribution is 5.98. The number of carboxylic acid groups (broad SMARTS) is 1. The molecule has 0 fully saturated rings. The molecule has 1 aromatic rings. The van der Waals surface area contributed by atoms with Crippen LogP contribution >= 0.6 is 0 Å². The second-order valence-corrected chi connectivity index (χ2v) is 4.24. The lowest BCUT2D eigenvalue weighted by atomic mass is 10.1. The van der Waals surface area contributed by atoms with Gasteiger partial charge in [-0.1, -0.05) is 19.1 Å². The highest BCUT2D eigenvalue weighted by atomic mass is 16.4. The van der Waals surface area contributed by atoms with Gasteiger partial charge >= 0.3 is 12.0 Å². The smallest absolute Gasteiger partial charge is 0.319 e. The summed E-state index contributed by atoms with van der Waals surface area (Å²) in [5, 5.41) is 13.6. The molecule has 108 valence electrons. The second-order valence-electron chi connectivity index (χ2n) is 4.24. The zero-order valence-electron chi connectivity index (χ0n) is 11.3. The minimum atomic E-state index is -0.891. The van der Waals surface area contributed by atoms with E-state index in [1.807, 2.05) is 0 Å². The predicted octanol–water partition coefficient (Wildman–Crippen LogP) is 2.27. The van der Waals surface area contributed by atoms with E-state index in [-0.39, 0.29) is 18.7 Å². The molecule has 20 heavy (non-hydrogen) atoms. The van der Waals surface area contributed by atoms with Crippen molar-refractivity contribution < 1.29 is 19.5 Å². The second kappa shape index (κ2) is 7.93. The van der Waals surface area contributed by atoms with Crippen LogP contribution in [0.3, 0.4) is 0 Å². The van der Waals surface area contributed by atoms with Gasteiger partial charge < -0.3 is 15.7 Å². The zero-order chi connectivity index (χ0) is 15.0. The molecular weight excluding hydrogens is 260 g/mol. The van der Waals surface area contributed by atoms with Crippen molar-refractivity contribution in [1.82, 2.24) is 5.32 Å². The van der Waals surface area contributed by atoms with Crippen LogP contribution in [0.5, 0.6) is 0 Å². The quantitative estimate of drug-likeness (QED) is 0.526. The number of aliphatic carboxylic acids is 1. The number of hydrogen-bond acceptors (Lipinski definition) is 3. The Morgan fingerprint density at radius 2 is 2.00 bits per heavy atom. The summed E-state index contributed by atoms with van der Waals surface area (Å²) in [4.78, 5) is 33.4. The van der Waals surface area contributed by atoms with Gasteiger partial charge in [-0.15, -0.1) is 0 Å². The van der Waals surface area contributed by atoms with Gasteiger partial charge in [-0.25, -0.2) is 4.79 Å². The van der Waals surface area contributed by atoms with E-state index in [4.69, 9.17) is 5.11 Å². The number of carboxylic acids is 1. The summed E-state index contributed by atoms with van der Waals surface area (Å²) in [7, 11) is 0. The fourth-order valence-electron chi connectivity index (χ4n) is 1.59. The van der Waals surface area contributed by atoms with E-state index >= 15 is 0 Å². The monoisotopic (exact) mass is 278 g/mol. The van der Waals surface area contributed by atoms with Gasteiger partial charge in [0.15, 0.2) is 5.78 Å². The number of ketones is 1. The number of benzene rings is 1. The fraction of sp³-hybridized carbons (Fsp3) is 0.357. The summed E-state index contributed by atoms with van der Waals surface area (Å²) < 4.78 is 0. The number of urea groups is 1. The van der Waals surface area contributed by atoms with E-state index in [0.717, 1.165) is 0 Å². The Balaban J connectivity index is 2.45. The van der Waals surface area contributed by atoms with Crippen LogP contribution in [0.2, 0.25) is 0 Å². The number of rotatable bonds is 7. The Labute approximate surface area is 117 Å². The summed E-state index contributed by atoms with van der Waals surface area (Å²) in [6.45, 7) is 2.06. The number of nitrogens with one attached hydrogen (secondary N) is 2. The molecule has 1 aromatic carbocycles. The molecular formula is C14H18N2O4. The molecule has 2 amide bonds. The molecule has 0 heterocycles.